The van der Waals surface area contributed by atoms with E-state index in [4.69, 9.17) is 4.42 Å². The maximum Gasteiger partial charge on any atom is 0.387 e. The third kappa shape index (κ3) is 5.13. The molecule has 10 heteroatoms. The quantitative estimate of drug-likeness (QED) is 0.616. The monoisotopic (exact) mass is 407 g/mol. The molecular formula is C18H15F2N3O4S. The van der Waals surface area contributed by atoms with E-state index < -0.39 is 6.61 Å². The smallest absolute Gasteiger partial charge is 0.387 e. The van der Waals surface area contributed by atoms with Crippen LogP contribution in [0.4, 0.5) is 19.6 Å². The fourth-order valence-electron chi connectivity index (χ4n) is 2.32. The van der Waals surface area contributed by atoms with Crippen molar-refractivity contribution in [1.29, 1.82) is 0 Å². The fourth-order valence-corrected chi connectivity index (χ4v) is 3.03. The Kier molecular flexibility index (Phi) is 5.99. The van der Waals surface area contributed by atoms with Crippen molar-refractivity contribution in [3.8, 4) is 5.75 Å². The molecular weight excluding hydrogens is 392 g/mol. The second kappa shape index (κ2) is 8.61. The first-order valence-electron chi connectivity index (χ1n) is 8.05. The van der Waals surface area contributed by atoms with Gasteiger partial charge in [0.15, 0.2) is 5.13 Å². The van der Waals surface area contributed by atoms with E-state index in [1.807, 2.05) is 0 Å². The van der Waals surface area contributed by atoms with Gasteiger partial charge >= 0.3 is 6.61 Å². The van der Waals surface area contributed by atoms with Crippen molar-refractivity contribution < 1.29 is 27.5 Å². The number of carbonyl (C=O) groups excluding carboxylic acids is 2. The number of nitrogens with zero attached hydrogens (tertiary/aromatic N) is 1. The van der Waals surface area contributed by atoms with Crippen molar-refractivity contribution in [2.45, 2.75) is 20.0 Å². The lowest BCUT2D eigenvalue weighted by Crippen LogP contribution is -2.15. The van der Waals surface area contributed by atoms with Gasteiger partial charge in [0, 0.05) is 11.1 Å². The molecule has 1 aromatic carbocycles. The Bertz CT molecular complexity index is 969. The van der Waals surface area contributed by atoms with E-state index in [1.165, 1.54) is 41.9 Å². The second-order valence-electron chi connectivity index (χ2n) is 5.62. The van der Waals surface area contributed by atoms with E-state index in [0.717, 1.165) is 0 Å². The molecule has 0 fully saturated rings. The summed E-state index contributed by atoms with van der Waals surface area (Å²) in [6.45, 7) is -1.23. The number of carbonyl (C=O) groups is 2. The highest BCUT2D eigenvalue weighted by molar-refractivity contribution is 7.14. The second-order valence-corrected chi connectivity index (χ2v) is 6.47. The van der Waals surface area contributed by atoms with Crippen molar-refractivity contribution in [1.82, 2.24) is 4.98 Å². The third-order valence-corrected chi connectivity index (χ3v) is 4.39. The average molecular weight is 407 g/mol. The van der Waals surface area contributed by atoms with Gasteiger partial charge in [-0.2, -0.15) is 8.78 Å². The number of hydrogen-bond donors (Lipinski definition) is 2. The molecule has 2 N–H and O–H groups in total. The Hall–Kier alpha value is -3.27. The molecule has 0 atom stereocenters. The van der Waals surface area contributed by atoms with Crippen LogP contribution in [0.2, 0.25) is 0 Å². The standard InChI is InChI=1S/C18H15F2N3O4S/c1-10-14(6-7-26-10)16(25)23-18-22-12(9-28-18)8-15(24)21-11-2-4-13(5-3-11)27-17(19)20/h2-7,9,17H,8H2,1H3,(H,21,24)(H,22,23,25). The Morgan fingerprint density at radius 1 is 1.21 bits per heavy atom. The first kappa shape index (κ1) is 19.5. The van der Waals surface area contributed by atoms with E-state index >= 15 is 0 Å². The minimum absolute atomic E-state index is 0.000688. The molecule has 0 saturated heterocycles. The molecule has 0 aliphatic carbocycles. The number of furan rings is 1. The molecule has 0 bridgehead atoms. The lowest BCUT2D eigenvalue weighted by molar-refractivity contribution is -0.115. The van der Waals surface area contributed by atoms with E-state index in [9.17, 15) is 18.4 Å². The summed E-state index contributed by atoms with van der Waals surface area (Å²) in [5, 5.41) is 7.31. The highest BCUT2D eigenvalue weighted by Crippen LogP contribution is 2.20. The van der Waals surface area contributed by atoms with Gasteiger partial charge in [0.05, 0.1) is 23.9 Å². The molecule has 0 saturated carbocycles. The highest BCUT2D eigenvalue weighted by atomic mass is 32.1. The van der Waals surface area contributed by atoms with Gasteiger partial charge in [0.2, 0.25) is 5.91 Å². The predicted molar refractivity (Wildman–Crippen MR) is 98.9 cm³/mol. The summed E-state index contributed by atoms with van der Waals surface area (Å²) in [5.74, 6) is -0.182. The number of anilines is 2. The lowest BCUT2D eigenvalue weighted by Gasteiger charge is -2.07. The first-order valence-corrected chi connectivity index (χ1v) is 8.93. The molecule has 146 valence electrons. The summed E-state index contributed by atoms with van der Waals surface area (Å²) in [7, 11) is 0. The lowest BCUT2D eigenvalue weighted by atomic mass is 10.2. The normalized spacial score (nSPS) is 10.7. The van der Waals surface area contributed by atoms with Crippen molar-refractivity contribution in [3.63, 3.8) is 0 Å². The van der Waals surface area contributed by atoms with Gasteiger partial charge in [-0.3, -0.25) is 14.9 Å². The molecule has 0 aliphatic heterocycles. The van der Waals surface area contributed by atoms with Crippen molar-refractivity contribution in [3.05, 3.63) is 59.0 Å². The molecule has 3 aromatic rings. The molecule has 3 rings (SSSR count). The number of alkyl halides is 2. The van der Waals surface area contributed by atoms with E-state index in [-0.39, 0.29) is 24.0 Å². The molecule has 0 unspecified atom stereocenters. The number of aryl methyl sites for hydroxylation is 1. The zero-order valence-electron chi connectivity index (χ0n) is 14.6. The van der Waals surface area contributed by atoms with Crippen LogP contribution in [-0.2, 0) is 11.2 Å². The van der Waals surface area contributed by atoms with Crippen molar-refractivity contribution >= 4 is 34.0 Å². The van der Waals surface area contributed by atoms with Gasteiger partial charge in [-0.1, -0.05) is 0 Å². The summed E-state index contributed by atoms with van der Waals surface area (Å²) < 4.78 is 33.6. The number of amides is 2. The zero-order chi connectivity index (χ0) is 20.1. The van der Waals surface area contributed by atoms with Crippen LogP contribution in [0.5, 0.6) is 5.75 Å². The summed E-state index contributed by atoms with van der Waals surface area (Å²) in [6, 6.07) is 7.13. The number of rotatable bonds is 7. The number of hydrogen-bond acceptors (Lipinski definition) is 6. The summed E-state index contributed by atoms with van der Waals surface area (Å²) in [5.41, 5.74) is 1.33. The zero-order valence-corrected chi connectivity index (χ0v) is 15.4. The highest BCUT2D eigenvalue weighted by Gasteiger charge is 2.14. The number of thiazole rings is 1. The maximum atomic E-state index is 12.1. The largest absolute Gasteiger partial charge is 0.469 e. The minimum atomic E-state index is -2.91. The Balaban J connectivity index is 1.53. The average Bonchev–Trinajstić information content (AvgIpc) is 3.25. The van der Waals surface area contributed by atoms with E-state index in [1.54, 1.807) is 18.4 Å². The van der Waals surface area contributed by atoms with E-state index in [0.29, 0.717) is 27.8 Å². The molecule has 2 amide bonds. The Morgan fingerprint density at radius 2 is 1.96 bits per heavy atom. The van der Waals surface area contributed by atoms with Crippen molar-refractivity contribution in [2.75, 3.05) is 10.6 Å². The number of ether oxygens (including phenoxy) is 1. The van der Waals surface area contributed by atoms with Crippen LogP contribution in [0.15, 0.2) is 46.4 Å². The Labute approximate surface area is 162 Å². The van der Waals surface area contributed by atoms with Crippen LogP contribution in [0.25, 0.3) is 0 Å². The molecule has 7 nitrogen and oxygen atoms in total. The summed E-state index contributed by atoms with van der Waals surface area (Å²) >= 11 is 1.20. The Morgan fingerprint density at radius 3 is 2.61 bits per heavy atom. The van der Waals surface area contributed by atoms with Gasteiger partial charge in [0.1, 0.15) is 11.5 Å². The van der Waals surface area contributed by atoms with Gasteiger partial charge in [-0.05, 0) is 37.3 Å². The van der Waals surface area contributed by atoms with Gasteiger partial charge in [-0.25, -0.2) is 4.98 Å². The molecule has 0 radical (unpaired) electrons. The maximum absolute atomic E-state index is 12.1. The van der Waals surface area contributed by atoms with Gasteiger partial charge in [-0.15, -0.1) is 11.3 Å². The van der Waals surface area contributed by atoms with Crippen LogP contribution in [0, 0.1) is 6.92 Å². The van der Waals surface area contributed by atoms with Crippen LogP contribution in [0.3, 0.4) is 0 Å². The molecule has 0 spiro atoms. The van der Waals surface area contributed by atoms with E-state index in [2.05, 4.69) is 20.4 Å². The van der Waals surface area contributed by atoms with Gasteiger partial charge in [0.25, 0.3) is 5.91 Å². The molecule has 2 heterocycles. The van der Waals surface area contributed by atoms with Gasteiger partial charge < -0.3 is 14.5 Å². The third-order valence-electron chi connectivity index (χ3n) is 3.58. The number of halogens is 2. The predicted octanol–water partition coefficient (Wildman–Crippen LogP) is 4.08. The summed E-state index contributed by atoms with van der Waals surface area (Å²) in [4.78, 5) is 28.4. The molecule has 0 aliphatic rings. The summed E-state index contributed by atoms with van der Waals surface area (Å²) in [6.07, 6.45) is 1.42. The van der Waals surface area contributed by atoms with Crippen LogP contribution in [0.1, 0.15) is 21.8 Å². The first-order chi connectivity index (χ1) is 13.4. The van der Waals surface area contributed by atoms with Crippen molar-refractivity contribution in [2.24, 2.45) is 0 Å². The fraction of sp³-hybridized carbons (Fsp3) is 0.167. The van der Waals surface area contributed by atoms with Crippen LogP contribution >= 0.6 is 11.3 Å². The molecule has 28 heavy (non-hydrogen) atoms. The topological polar surface area (TPSA) is 93.5 Å². The van der Waals surface area contributed by atoms with Crippen LogP contribution < -0.4 is 15.4 Å². The SMILES string of the molecule is Cc1occc1C(=O)Nc1nc(CC(=O)Nc2ccc(OC(F)F)cc2)cs1. The number of benzene rings is 1. The minimum Gasteiger partial charge on any atom is -0.469 e. The van der Waals surface area contributed by atoms with Crippen LogP contribution in [-0.4, -0.2) is 23.4 Å². The molecule has 2 aromatic heterocycles. The number of nitrogens with one attached hydrogen (secondary N) is 2. The number of aromatic nitrogens is 1.